The summed E-state index contributed by atoms with van der Waals surface area (Å²) >= 11 is 1.54. The molecule has 0 spiro atoms. The molecule has 0 saturated heterocycles. The first-order chi connectivity index (χ1) is 9.22. The predicted octanol–water partition coefficient (Wildman–Crippen LogP) is 2.37. The monoisotopic (exact) mass is 275 g/mol. The summed E-state index contributed by atoms with van der Waals surface area (Å²) in [6.45, 7) is 0. The molecule has 2 aromatic heterocycles. The Hall–Kier alpha value is -1.95. The Labute approximate surface area is 114 Å². The number of carbonyl (C=O) groups excluding carboxylic acids is 1. The predicted molar refractivity (Wildman–Crippen MR) is 72.6 cm³/mol. The number of thiazole rings is 1. The van der Waals surface area contributed by atoms with Crippen LogP contribution >= 0.6 is 11.3 Å². The van der Waals surface area contributed by atoms with Crippen LogP contribution in [0.3, 0.4) is 0 Å². The third-order valence-electron chi connectivity index (χ3n) is 3.05. The first-order valence-electron chi connectivity index (χ1n) is 6.16. The Balaban J connectivity index is 1.77. The minimum absolute atomic E-state index is 0.0221. The first kappa shape index (κ1) is 12.1. The fraction of sp³-hybridized carbons (Fsp3) is 0.308. The highest BCUT2D eigenvalue weighted by molar-refractivity contribution is 7.15. The van der Waals surface area contributed by atoms with Gasteiger partial charge < -0.3 is 5.11 Å². The van der Waals surface area contributed by atoms with Crippen LogP contribution in [0.2, 0.25) is 0 Å². The molecule has 98 valence electrons. The average Bonchev–Trinajstić information content (AvgIpc) is 2.80. The van der Waals surface area contributed by atoms with Crippen molar-refractivity contribution in [3.05, 3.63) is 34.6 Å². The van der Waals surface area contributed by atoms with Crippen molar-refractivity contribution in [2.24, 2.45) is 0 Å². The fourth-order valence-electron chi connectivity index (χ4n) is 2.13. The topological polar surface area (TPSA) is 75.1 Å². The zero-order valence-corrected chi connectivity index (χ0v) is 11.0. The number of rotatable bonds is 2. The molecule has 1 aliphatic carbocycles. The summed E-state index contributed by atoms with van der Waals surface area (Å²) in [6.07, 6.45) is 7.12. The van der Waals surface area contributed by atoms with Gasteiger partial charge in [0.2, 0.25) is 0 Å². The highest BCUT2D eigenvalue weighted by atomic mass is 32.1. The number of amides is 1. The summed E-state index contributed by atoms with van der Waals surface area (Å²) in [5.41, 5.74) is 1.44. The minimum atomic E-state index is -0.297. The van der Waals surface area contributed by atoms with Gasteiger partial charge in [-0.2, -0.15) is 0 Å². The van der Waals surface area contributed by atoms with Crippen molar-refractivity contribution in [3.63, 3.8) is 0 Å². The number of nitrogens with zero attached hydrogens (tertiary/aromatic N) is 2. The number of aromatic hydroxyl groups is 1. The van der Waals surface area contributed by atoms with E-state index in [-0.39, 0.29) is 11.7 Å². The summed E-state index contributed by atoms with van der Waals surface area (Å²) < 4.78 is 0. The largest absolute Gasteiger partial charge is 0.506 e. The standard InChI is InChI=1S/C13H13N3O2S/c17-9-5-8(6-14-7-9)12(18)16-13-15-10-3-1-2-4-11(10)19-13/h5-7,17H,1-4H2,(H,15,16,18). The molecular formula is C13H13N3O2S. The summed E-state index contributed by atoms with van der Waals surface area (Å²) in [7, 11) is 0. The van der Waals surface area contributed by atoms with E-state index >= 15 is 0 Å². The molecule has 1 aliphatic rings. The van der Waals surface area contributed by atoms with Crippen LogP contribution in [0.15, 0.2) is 18.5 Å². The third-order valence-corrected chi connectivity index (χ3v) is 4.12. The lowest BCUT2D eigenvalue weighted by atomic mass is 10.0. The van der Waals surface area contributed by atoms with Gasteiger partial charge in [0.25, 0.3) is 5.91 Å². The molecule has 0 radical (unpaired) electrons. The third kappa shape index (κ3) is 2.58. The molecule has 2 aromatic rings. The Morgan fingerprint density at radius 3 is 2.95 bits per heavy atom. The van der Waals surface area contributed by atoms with Crippen molar-refractivity contribution in [2.75, 3.05) is 5.32 Å². The lowest BCUT2D eigenvalue weighted by molar-refractivity contribution is 0.102. The Kier molecular flexibility index (Phi) is 3.16. The molecule has 2 heterocycles. The van der Waals surface area contributed by atoms with Gasteiger partial charge in [-0.05, 0) is 31.7 Å². The normalized spacial score (nSPS) is 13.9. The number of aromatic nitrogens is 2. The second-order valence-corrected chi connectivity index (χ2v) is 5.57. The van der Waals surface area contributed by atoms with E-state index in [0.29, 0.717) is 10.7 Å². The number of nitrogens with one attached hydrogen (secondary N) is 1. The second kappa shape index (κ2) is 4.97. The average molecular weight is 275 g/mol. The molecule has 5 nitrogen and oxygen atoms in total. The maximum Gasteiger partial charge on any atom is 0.259 e. The SMILES string of the molecule is O=C(Nc1nc2c(s1)CCCC2)c1cncc(O)c1. The van der Waals surface area contributed by atoms with E-state index in [2.05, 4.69) is 15.3 Å². The van der Waals surface area contributed by atoms with Crippen molar-refractivity contribution < 1.29 is 9.90 Å². The van der Waals surface area contributed by atoms with E-state index in [0.717, 1.165) is 18.5 Å². The van der Waals surface area contributed by atoms with E-state index in [1.165, 1.54) is 47.5 Å². The van der Waals surface area contributed by atoms with Crippen molar-refractivity contribution in [1.82, 2.24) is 9.97 Å². The molecule has 6 heteroatoms. The number of aryl methyl sites for hydroxylation is 2. The molecule has 0 unspecified atom stereocenters. The van der Waals surface area contributed by atoms with Crippen LogP contribution in [0.1, 0.15) is 33.8 Å². The maximum absolute atomic E-state index is 12.0. The van der Waals surface area contributed by atoms with Crippen molar-refractivity contribution in [3.8, 4) is 5.75 Å². The van der Waals surface area contributed by atoms with Crippen LogP contribution in [0.4, 0.5) is 5.13 Å². The van der Waals surface area contributed by atoms with Crippen LogP contribution in [0, 0.1) is 0 Å². The molecular weight excluding hydrogens is 262 g/mol. The van der Waals surface area contributed by atoms with E-state index < -0.39 is 0 Å². The zero-order valence-electron chi connectivity index (χ0n) is 10.2. The second-order valence-electron chi connectivity index (χ2n) is 4.48. The van der Waals surface area contributed by atoms with Crippen LogP contribution in [0.5, 0.6) is 5.75 Å². The van der Waals surface area contributed by atoms with Gasteiger partial charge in [-0.1, -0.05) is 0 Å². The summed E-state index contributed by atoms with van der Waals surface area (Å²) in [5, 5.41) is 12.7. The molecule has 1 amide bonds. The lowest BCUT2D eigenvalue weighted by Gasteiger charge is -2.06. The van der Waals surface area contributed by atoms with Gasteiger partial charge in [0.05, 0.1) is 17.5 Å². The number of anilines is 1. The van der Waals surface area contributed by atoms with Crippen molar-refractivity contribution >= 4 is 22.4 Å². The molecule has 2 N–H and O–H groups in total. The van der Waals surface area contributed by atoms with Gasteiger partial charge in [0.15, 0.2) is 5.13 Å². The highest BCUT2D eigenvalue weighted by Crippen LogP contribution is 2.29. The molecule has 0 aliphatic heterocycles. The van der Waals surface area contributed by atoms with E-state index in [1.807, 2.05) is 0 Å². The van der Waals surface area contributed by atoms with Crippen LogP contribution in [0.25, 0.3) is 0 Å². The number of fused-ring (bicyclic) bond motifs is 1. The van der Waals surface area contributed by atoms with E-state index in [4.69, 9.17) is 0 Å². The first-order valence-corrected chi connectivity index (χ1v) is 6.98. The van der Waals surface area contributed by atoms with E-state index in [1.54, 1.807) is 0 Å². The molecule has 0 fully saturated rings. The Bertz CT molecular complexity index is 601. The molecule has 0 aromatic carbocycles. The summed E-state index contributed by atoms with van der Waals surface area (Å²) in [6, 6.07) is 1.38. The van der Waals surface area contributed by atoms with Gasteiger partial charge in [0, 0.05) is 11.1 Å². The molecule has 0 saturated carbocycles. The highest BCUT2D eigenvalue weighted by Gasteiger charge is 2.17. The van der Waals surface area contributed by atoms with Crippen LogP contribution < -0.4 is 5.32 Å². The van der Waals surface area contributed by atoms with Gasteiger partial charge in [-0.25, -0.2) is 4.98 Å². The quantitative estimate of drug-likeness (QED) is 0.882. The molecule has 0 atom stereocenters. The summed E-state index contributed by atoms with van der Waals surface area (Å²) in [5.74, 6) is -0.319. The number of pyridine rings is 1. The van der Waals surface area contributed by atoms with E-state index in [9.17, 15) is 9.90 Å². The maximum atomic E-state index is 12.0. The summed E-state index contributed by atoms with van der Waals surface area (Å²) in [4.78, 5) is 21.5. The van der Waals surface area contributed by atoms with Gasteiger partial charge in [-0.3, -0.25) is 15.1 Å². The number of hydrogen-bond acceptors (Lipinski definition) is 5. The molecule has 19 heavy (non-hydrogen) atoms. The van der Waals surface area contributed by atoms with Crippen LogP contribution in [-0.2, 0) is 12.8 Å². The zero-order chi connectivity index (χ0) is 13.2. The Morgan fingerprint density at radius 1 is 1.32 bits per heavy atom. The minimum Gasteiger partial charge on any atom is -0.506 e. The lowest BCUT2D eigenvalue weighted by Crippen LogP contribution is -2.11. The van der Waals surface area contributed by atoms with Gasteiger partial charge in [-0.15, -0.1) is 11.3 Å². The smallest absolute Gasteiger partial charge is 0.259 e. The fourth-order valence-corrected chi connectivity index (χ4v) is 3.17. The molecule has 3 rings (SSSR count). The Morgan fingerprint density at radius 2 is 2.16 bits per heavy atom. The van der Waals surface area contributed by atoms with Crippen molar-refractivity contribution in [1.29, 1.82) is 0 Å². The number of hydrogen-bond donors (Lipinski definition) is 2. The van der Waals surface area contributed by atoms with Crippen molar-refractivity contribution in [2.45, 2.75) is 25.7 Å². The van der Waals surface area contributed by atoms with Crippen LogP contribution in [-0.4, -0.2) is 21.0 Å². The van der Waals surface area contributed by atoms with Gasteiger partial charge >= 0.3 is 0 Å². The molecule has 0 bridgehead atoms. The van der Waals surface area contributed by atoms with Gasteiger partial charge in [0.1, 0.15) is 5.75 Å². The number of carbonyl (C=O) groups is 1.